The lowest BCUT2D eigenvalue weighted by atomic mass is 9.80. The predicted molar refractivity (Wildman–Crippen MR) is 237 cm³/mol. The van der Waals surface area contributed by atoms with E-state index in [0.717, 1.165) is 58.4 Å². The van der Waals surface area contributed by atoms with E-state index in [1.54, 1.807) is 24.5 Å². The molecule has 1 heterocycles. The number of pyridine rings is 1. The Morgan fingerprint density at radius 3 is 1.13 bits per heavy atom. The number of hydrogen-bond donors (Lipinski definition) is 1. The van der Waals surface area contributed by atoms with Gasteiger partial charge in [0, 0.05) is 23.7 Å². The SMILES string of the molecule is O=C(NN=C1C[C@@H]2[C@H](COC(c3ccccc3)(c3ccccc3)c3ccccc3)C[C@H](COC(c3ccccc3)(c3ccccc3)c3ccccc3)[C@@H]2C1)c1ccncc1. The Hall–Kier alpha value is -6.47. The lowest BCUT2D eigenvalue weighted by Gasteiger charge is -2.37. The van der Waals surface area contributed by atoms with Gasteiger partial charge in [-0.05, 0) is 88.4 Å². The van der Waals surface area contributed by atoms with Crippen LogP contribution < -0.4 is 5.43 Å². The third-order valence-electron chi connectivity index (χ3n) is 12.7. The molecule has 7 aromatic rings. The molecule has 6 heteroatoms. The Labute approximate surface area is 353 Å². The van der Waals surface area contributed by atoms with Crippen LogP contribution in [0.5, 0.6) is 0 Å². The minimum Gasteiger partial charge on any atom is -0.361 e. The van der Waals surface area contributed by atoms with Gasteiger partial charge in [0.2, 0.25) is 0 Å². The summed E-state index contributed by atoms with van der Waals surface area (Å²) in [6.45, 7) is 1.07. The summed E-state index contributed by atoms with van der Waals surface area (Å²) in [5.74, 6) is 0.757. The summed E-state index contributed by atoms with van der Waals surface area (Å²) >= 11 is 0. The molecule has 298 valence electrons. The van der Waals surface area contributed by atoms with E-state index >= 15 is 0 Å². The zero-order valence-corrected chi connectivity index (χ0v) is 33.6. The number of ether oxygens (including phenoxy) is 2. The Kier molecular flexibility index (Phi) is 11.6. The van der Waals surface area contributed by atoms with Crippen molar-refractivity contribution < 1.29 is 14.3 Å². The van der Waals surface area contributed by atoms with Crippen LogP contribution in [-0.2, 0) is 20.7 Å². The maximum atomic E-state index is 13.1. The molecule has 4 atom stereocenters. The summed E-state index contributed by atoms with van der Waals surface area (Å²) in [6, 6.07) is 67.0. The monoisotopic (exact) mass is 787 g/mol. The molecule has 6 aromatic carbocycles. The van der Waals surface area contributed by atoms with Gasteiger partial charge in [0.05, 0.1) is 13.2 Å². The van der Waals surface area contributed by atoms with Gasteiger partial charge in [-0.1, -0.05) is 182 Å². The second-order valence-electron chi connectivity index (χ2n) is 16.0. The number of hydrazone groups is 1. The number of fused-ring (bicyclic) bond motifs is 1. The maximum Gasteiger partial charge on any atom is 0.271 e. The minimum absolute atomic E-state index is 0.210. The summed E-state index contributed by atoms with van der Waals surface area (Å²) in [6.07, 6.45) is 5.74. The highest BCUT2D eigenvalue weighted by atomic mass is 16.5. The van der Waals surface area contributed by atoms with Crippen molar-refractivity contribution in [3.8, 4) is 0 Å². The average Bonchev–Trinajstić information content (AvgIpc) is 3.90. The van der Waals surface area contributed by atoms with Crippen LogP contribution in [0.2, 0.25) is 0 Å². The Balaban J connectivity index is 1.07. The van der Waals surface area contributed by atoms with E-state index in [9.17, 15) is 4.79 Å². The Morgan fingerprint density at radius 2 is 0.817 bits per heavy atom. The Morgan fingerprint density at radius 1 is 0.500 bits per heavy atom. The molecular weight excluding hydrogens is 739 g/mol. The second-order valence-corrected chi connectivity index (χ2v) is 16.0. The first kappa shape index (κ1) is 39.0. The lowest BCUT2D eigenvalue weighted by Crippen LogP contribution is -2.35. The predicted octanol–water partition coefficient (Wildman–Crippen LogP) is 10.8. The molecule has 1 amide bonds. The average molecular weight is 788 g/mol. The number of carbonyl (C=O) groups is 1. The topological polar surface area (TPSA) is 72.8 Å². The zero-order valence-electron chi connectivity index (χ0n) is 33.6. The second kappa shape index (κ2) is 17.8. The normalized spacial score (nSPS) is 19.5. The van der Waals surface area contributed by atoms with Crippen molar-refractivity contribution >= 4 is 11.6 Å². The van der Waals surface area contributed by atoms with E-state index in [2.05, 4.69) is 192 Å². The van der Waals surface area contributed by atoms with Gasteiger partial charge in [-0.15, -0.1) is 0 Å². The first-order valence-electron chi connectivity index (χ1n) is 21.0. The molecule has 0 bridgehead atoms. The van der Waals surface area contributed by atoms with E-state index in [-0.39, 0.29) is 29.6 Å². The van der Waals surface area contributed by atoms with Crippen molar-refractivity contribution in [2.75, 3.05) is 13.2 Å². The fourth-order valence-corrected chi connectivity index (χ4v) is 9.87. The lowest BCUT2D eigenvalue weighted by molar-refractivity contribution is -0.0210. The summed E-state index contributed by atoms with van der Waals surface area (Å²) in [7, 11) is 0. The zero-order chi connectivity index (χ0) is 40.6. The molecule has 2 aliphatic rings. The van der Waals surface area contributed by atoms with Gasteiger partial charge in [-0.2, -0.15) is 5.10 Å². The maximum absolute atomic E-state index is 13.1. The molecule has 2 fully saturated rings. The number of carbonyl (C=O) groups excluding carboxylic acids is 1. The molecular formula is C54H49N3O3. The highest BCUT2D eigenvalue weighted by Gasteiger charge is 2.50. The van der Waals surface area contributed by atoms with Crippen LogP contribution >= 0.6 is 0 Å². The van der Waals surface area contributed by atoms with E-state index in [4.69, 9.17) is 14.6 Å². The van der Waals surface area contributed by atoms with Gasteiger partial charge in [-0.25, -0.2) is 5.43 Å². The molecule has 6 nitrogen and oxygen atoms in total. The highest BCUT2D eigenvalue weighted by molar-refractivity contribution is 5.95. The van der Waals surface area contributed by atoms with Crippen LogP contribution in [0.3, 0.4) is 0 Å². The van der Waals surface area contributed by atoms with E-state index in [1.807, 2.05) is 0 Å². The van der Waals surface area contributed by atoms with E-state index in [0.29, 0.717) is 18.8 Å². The molecule has 0 saturated heterocycles. The number of hydrogen-bond acceptors (Lipinski definition) is 5. The molecule has 1 N–H and O–H groups in total. The number of nitrogens with one attached hydrogen (secondary N) is 1. The fraction of sp³-hybridized carbons (Fsp3) is 0.204. The van der Waals surface area contributed by atoms with Gasteiger partial charge in [-0.3, -0.25) is 9.78 Å². The van der Waals surface area contributed by atoms with Crippen molar-refractivity contribution in [2.24, 2.45) is 28.8 Å². The molecule has 2 aliphatic carbocycles. The minimum atomic E-state index is -0.828. The van der Waals surface area contributed by atoms with Crippen molar-refractivity contribution in [1.82, 2.24) is 10.4 Å². The fourth-order valence-electron chi connectivity index (χ4n) is 9.87. The van der Waals surface area contributed by atoms with Crippen LogP contribution in [-0.4, -0.2) is 29.8 Å². The quantitative estimate of drug-likeness (QED) is 0.0880. The molecule has 0 unspecified atom stereocenters. The highest BCUT2D eigenvalue weighted by Crippen LogP contribution is 2.53. The van der Waals surface area contributed by atoms with Crippen molar-refractivity contribution in [3.05, 3.63) is 245 Å². The van der Waals surface area contributed by atoms with Gasteiger partial charge in [0.25, 0.3) is 5.91 Å². The van der Waals surface area contributed by atoms with Crippen molar-refractivity contribution in [3.63, 3.8) is 0 Å². The largest absolute Gasteiger partial charge is 0.361 e. The number of amides is 1. The summed E-state index contributed by atoms with van der Waals surface area (Å²) < 4.78 is 15.0. The first-order valence-corrected chi connectivity index (χ1v) is 21.0. The van der Waals surface area contributed by atoms with Crippen molar-refractivity contribution in [1.29, 1.82) is 0 Å². The molecule has 0 spiro atoms. The number of aromatic nitrogens is 1. The van der Waals surface area contributed by atoms with Gasteiger partial charge >= 0.3 is 0 Å². The Bertz CT molecular complexity index is 2130. The summed E-state index contributed by atoms with van der Waals surface area (Å²) in [5, 5.41) is 4.77. The van der Waals surface area contributed by atoms with E-state index in [1.165, 1.54) is 0 Å². The van der Waals surface area contributed by atoms with Crippen LogP contribution in [0, 0.1) is 23.7 Å². The smallest absolute Gasteiger partial charge is 0.271 e. The van der Waals surface area contributed by atoms with Gasteiger partial charge in [0.15, 0.2) is 0 Å². The van der Waals surface area contributed by atoms with Gasteiger partial charge < -0.3 is 9.47 Å². The van der Waals surface area contributed by atoms with Crippen LogP contribution in [0.15, 0.2) is 212 Å². The number of nitrogens with zero attached hydrogens (tertiary/aromatic N) is 2. The third kappa shape index (κ3) is 7.72. The van der Waals surface area contributed by atoms with Crippen molar-refractivity contribution in [2.45, 2.75) is 30.5 Å². The molecule has 9 rings (SSSR count). The third-order valence-corrected chi connectivity index (χ3v) is 12.7. The van der Waals surface area contributed by atoms with Crippen LogP contribution in [0.1, 0.15) is 63.0 Å². The summed E-state index contributed by atoms with van der Waals surface area (Å²) in [4.78, 5) is 17.2. The van der Waals surface area contributed by atoms with E-state index < -0.39 is 11.2 Å². The van der Waals surface area contributed by atoms with Crippen LogP contribution in [0.25, 0.3) is 0 Å². The summed E-state index contributed by atoms with van der Waals surface area (Å²) in [5.41, 5.74) is 9.25. The number of rotatable bonds is 14. The number of benzene rings is 6. The molecule has 60 heavy (non-hydrogen) atoms. The standard InChI is InChI=1S/C54H49N3O3/c58-52(40-31-33-55-34-32-40)57-56-49-36-50-41(38-59-53(43-19-7-1-8-20-43,44-21-9-2-10-22-44)45-23-11-3-12-24-45)35-42(51(50)37-49)39-60-54(46-25-13-4-14-26-46,47-27-15-5-16-28-47)48-29-17-6-18-30-48/h1-34,41-42,50-51H,35-39H2,(H,57,58)/t41-,42+,50+,51-. The van der Waals surface area contributed by atoms with Gasteiger partial charge in [0.1, 0.15) is 11.2 Å². The van der Waals surface area contributed by atoms with Crippen LogP contribution in [0.4, 0.5) is 0 Å². The first-order chi connectivity index (χ1) is 29.6. The molecule has 0 radical (unpaired) electrons. The molecule has 0 aliphatic heterocycles. The molecule has 1 aromatic heterocycles. The molecule has 2 saturated carbocycles.